The van der Waals surface area contributed by atoms with Crippen LogP contribution in [0.4, 0.5) is 0 Å². The van der Waals surface area contributed by atoms with Gasteiger partial charge in [-0.05, 0) is 51.3 Å². The molecule has 0 radical (unpaired) electrons. The van der Waals surface area contributed by atoms with E-state index in [0.717, 1.165) is 11.1 Å². The highest BCUT2D eigenvalue weighted by atomic mass is 32.8. The molecule has 8 heteroatoms. The van der Waals surface area contributed by atoms with E-state index in [-0.39, 0.29) is 0 Å². The van der Waals surface area contributed by atoms with Crippen molar-refractivity contribution in [3.05, 3.63) is 28.8 Å². The minimum absolute atomic E-state index is 0.295. The average molecular weight is 379 g/mol. The van der Waals surface area contributed by atoms with Crippen molar-refractivity contribution in [2.45, 2.75) is 45.6 Å². The second kappa shape index (κ2) is 8.66. The second-order valence-corrected chi connectivity index (χ2v) is 10.4. The maximum Gasteiger partial charge on any atom is 0.505 e. The maximum absolute atomic E-state index is 12.2. The molecule has 0 spiro atoms. The van der Waals surface area contributed by atoms with Crippen LogP contribution in [0.5, 0.6) is 0 Å². The number of aryl methyl sites for hydroxylation is 1. The molecule has 0 heterocycles. The third-order valence-electron chi connectivity index (χ3n) is 3.52. The van der Waals surface area contributed by atoms with Gasteiger partial charge in [0.15, 0.2) is 8.77 Å². The van der Waals surface area contributed by atoms with E-state index in [9.17, 15) is 8.76 Å². The third kappa shape index (κ3) is 5.32. The minimum Gasteiger partial charge on any atom is -0.374 e. The molecule has 0 aromatic heterocycles. The van der Waals surface area contributed by atoms with Crippen LogP contribution in [-0.2, 0) is 39.3 Å². The lowest BCUT2D eigenvalue weighted by atomic mass is 10.1. The van der Waals surface area contributed by atoms with Gasteiger partial charge in [-0.3, -0.25) is 0 Å². The molecule has 0 aliphatic rings. The van der Waals surface area contributed by atoms with E-state index in [0.29, 0.717) is 36.3 Å². The Hall–Kier alpha value is -0.353. The zero-order chi connectivity index (χ0) is 17.7. The molecule has 0 saturated heterocycles. The summed E-state index contributed by atoms with van der Waals surface area (Å²) in [7, 11) is -6.48. The first-order chi connectivity index (χ1) is 10.7. The van der Waals surface area contributed by atoms with Crippen LogP contribution < -0.4 is 0 Å². The van der Waals surface area contributed by atoms with Crippen molar-refractivity contribution in [3.8, 4) is 0 Å². The summed E-state index contributed by atoms with van der Waals surface area (Å²) in [5.74, 6) is 0. The Labute approximate surface area is 145 Å². The zero-order valence-electron chi connectivity index (χ0n) is 14.4. The summed E-state index contributed by atoms with van der Waals surface area (Å²) in [5, 5.41) is 0. The monoisotopic (exact) mass is 378 g/mol. The van der Waals surface area contributed by atoms with Crippen LogP contribution in [0.1, 0.15) is 37.5 Å². The summed E-state index contributed by atoms with van der Waals surface area (Å²) in [6, 6.07) is 4.06. The van der Waals surface area contributed by atoms with E-state index in [2.05, 4.69) is 0 Å². The standard InChI is InChI=1S/C15H26O5S2Si/c1-6-18-23(19-7-2,20-8-3)11-14-10-9-12(4)13(5)15(14)22(16,17)21/h9-10H,6-8,11H2,1-5H3,(H,16,17,21). The van der Waals surface area contributed by atoms with Gasteiger partial charge in [-0.25, -0.2) is 4.21 Å². The molecule has 0 bridgehead atoms. The Morgan fingerprint density at radius 2 is 1.57 bits per heavy atom. The quantitative estimate of drug-likeness (QED) is 0.667. The normalized spacial score (nSPS) is 14.7. The fourth-order valence-corrected chi connectivity index (χ4v) is 7.00. The zero-order valence-corrected chi connectivity index (χ0v) is 17.0. The Bertz CT molecular complexity index is 614. The fourth-order valence-electron chi connectivity index (χ4n) is 2.52. The lowest BCUT2D eigenvalue weighted by molar-refractivity contribution is 0.0702. The second-order valence-electron chi connectivity index (χ2n) is 5.13. The topological polar surface area (TPSA) is 65.0 Å². The summed E-state index contributed by atoms with van der Waals surface area (Å²) in [4.78, 5) is 0.295. The van der Waals surface area contributed by atoms with Gasteiger partial charge in [0.05, 0.1) is 4.90 Å². The van der Waals surface area contributed by atoms with Crippen molar-refractivity contribution in [2.24, 2.45) is 0 Å². The van der Waals surface area contributed by atoms with Crippen molar-refractivity contribution in [2.75, 3.05) is 19.8 Å². The molecule has 1 aromatic carbocycles. The number of hydrogen-bond donors (Lipinski definition) is 1. The SMILES string of the molecule is CCO[Si](Cc1ccc(C)c(C)c1S(=O)(O)=S)(OCC)OCC. The van der Waals surface area contributed by atoms with Crippen molar-refractivity contribution >= 4 is 28.8 Å². The lowest BCUT2D eigenvalue weighted by Gasteiger charge is -2.29. The van der Waals surface area contributed by atoms with E-state index < -0.39 is 17.6 Å². The average Bonchev–Trinajstić information content (AvgIpc) is 2.42. The molecule has 0 saturated carbocycles. The van der Waals surface area contributed by atoms with Crippen molar-refractivity contribution in [3.63, 3.8) is 0 Å². The summed E-state index contributed by atoms with van der Waals surface area (Å²) in [6.45, 7) is 10.7. The molecule has 1 atom stereocenters. The van der Waals surface area contributed by atoms with Gasteiger partial charge < -0.3 is 17.8 Å². The molecule has 0 aliphatic carbocycles. The highest BCUT2D eigenvalue weighted by Gasteiger charge is 2.42. The van der Waals surface area contributed by atoms with Crippen molar-refractivity contribution in [1.82, 2.24) is 0 Å². The van der Waals surface area contributed by atoms with Crippen LogP contribution in [0.3, 0.4) is 0 Å². The summed E-state index contributed by atoms with van der Waals surface area (Å²) < 4.78 is 39.7. The first-order valence-electron chi connectivity index (χ1n) is 7.69. The predicted molar refractivity (Wildman–Crippen MR) is 96.7 cm³/mol. The van der Waals surface area contributed by atoms with Crippen LogP contribution in [0.25, 0.3) is 0 Å². The molecule has 0 amide bonds. The van der Waals surface area contributed by atoms with Gasteiger partial charge in [-0.1, -0.05) is 12.1 Å². The molecule has 1 N–H and O–H groups in total. The number of hydrogen-bond acceptors (Lipinski definition) is 5. The van der Waals surface area contributed by atoms with Gasteiger partial charge in [0, 0.05) is 37.1 Å². The lowest BCUT2D eigenvalue weighted by Crippen LogP contribution is -2.49. The highest BCUT2D eigenvalue weighted by Crippen LogP contribution is 2.27. The smallest absolute Gasteiger partial charge is 0.374 e. The third-order valence-corrected chi connectivity index (χ3v) is 8.10. The number of benzene rings is 1. The maximum atomic E-state index is 12.2. The van der Waals surface area contributed by atoms with E-state index in [1.807, 2.05) is 46.8 Å². The van der Waals surface area contributed by atoms with Crippen LogP contribution in [-0.4, -0.2) is 37.4 Å². The van der Waals surface area contributed by atoms with Crippen LogP contribution >= 0.6 is 0 Å². The van der Waals surface area contributed by atoms with E-state index in [4.69, 9.17) is 24.5 Å². The van der Waals surface area contributed by atoms with Crippen LogP contribution in [0, 0.1) is 13.8 Å². The molecule has 132 valence electrons. The molecule has 0 aliphatic heterocycles. The van der Waals surface area contributed by atoms with E-state index in [1.54, 1.807) is 0 Å². The van der Waals surface area contributed by atoms with Crippen molar-refractivity contribution < 1.29 is 22.0 Å². The Morgan fingerprint density at radius 1 is 1.09 bits per heavy atom. The molecule has 0 fully saturated rings. The molecule has 23 heavy (non-hydrogen) atoms. The Morgan fingerprint density at radius 3 is 1.96 bits per heavy atom. The molecule has 1 aromatic rings. The Kier molecular flexibility index (Phi) is 7.79. The molecule has 5 nitrogen and oxygen atoms in total. The van der Waals surface area contributed by atoms with Gasteiger partial charge >= 0.3 is 8.80 Å². The molecular formula is C15H26O5S2Si. The van der Waals surface area contributed by atoms with Crippen LogP contribution in [0.15, 0.2) is 17.0 Å². The summed E-state index contributed by atoms with van der Waals surface area (Å²) in [6.07, 6.45) is 0. The number of rotatable bonds is 9. The highest BCUT2D eigenvalue weighted by molar-refractivity contribution is 8.29. The van der Waals surface area contributed by atoms with Gasteiger partial charge in [-0.15, -0.1) is 0 Å². The molecule has 1 unspecified atom stereocenters. The first kappa shape index (κ1) is 20.7. The fraction of sp³-hybridized carbons (Fsp3) is 0.600. The summed E-state index contributed by atoms with van der Waals surface area (Å²) in [5.41, 5.74) is 2.32. The van der Waals surface area contributed by atoms with Crippen LogP contribution in [0.2, 0.25) is 0 Å². The largest absolute Gasteiger partial charge is 0.505 e. The summed E-state index contributed by atoms with van der Waals surface area (Å²) >= 11 is 4.85. The minimum atomic E-state index is -3.51. The first-order valence-corrected chi connectivity index (χ1v) is 12.1. The van der Waals surface area contributed by atoms with Gasteiger partial charge in [0.1, 0.15) is 0 Å². The Balaban J connectivity index is 3.41. The molecular weight excluding hydrogens is 352 g/mol. The van der Waals surface area contributed by atoms with E-state index in [1.165, 1.54) is 0 Å². The van der Waals surface area contributed by atoms with Gasteiger partial charge in [-0.2, -0.15) is 0 Å². The predicted octanol–water partition coefficient (Wildman–Crippen LogP) is 3.01. The van der Waals surface area contributed by atoms with Gasteiger partial charge in [0.25, 0.3) is 0 Å². The van der Waals surface area contributed by atoms with Crippen molar-refractivity contribution in [1.29, 1.82) is 0 Å². The van der Waals surface area contributed by atoms with E-state index >= 15 is 0 Å². The molecule has 1 rings (SSSR count). The van der Waals surface area contributed by atoms with Gasteiger partial charge in [0.2, 0.25) is 0 Å².